The van der Waals surface area contributed by atoms with Gasteiger partial charge in [0.1, 0.15) is 0 Å². The molecule has 0 aliphatic rings. The molecule has 1 N–H and O–H groups in total. The van der Waals surface area contributed by atoms with Gasteiger partial charge in [0.2, 0.25) is 0 Å². The number of aromatic amines is 1. The maximum Gasteiger partial charge on any atom is 0.330 e. The molecule has 64 valence electrons. The van der Waals surface area contributed by atoms with Gasteiger partial charge in [-0.1, -0.05) is 0 Å². The molecule has 0 aliphatic carbocycles. The molecule has 0 aliphatic heterocycles. The number of rotatable bonds is 2. The zero-order valence-corrected chi connectivity index (χ0v) is 7.83. The van der Waals surface area contributed by atoms with Gasteiger partial charge >= 0.3 is 5.97 Å². The molecule has 0 bridgehead atoms. The van der Waals surface area contributed by atoms with E-state index in [4.69, 9.17) is 0 Å². The first-order valence-corrected chi connectivity index (χ1v) is 3.85. The van der Waals surface area contributed by atoms with Crippen LogP contribution in [0.3, 0.4) is 0 Å². The van der Waals surface area contributed by atoms with Crippen molar-refractivity contribution in [3.05, 3.63) is 16.6 Å². The van der Waals surface area contributed by atoms with Crippen LogP contribution in [-0.4, -0.2) is 28.3 Å². The largest absolute Gasteiger partial charge is 0.466 e. The molecule has 12 heavy (non-hydrogen) atoms. The Morgan fingerprint density at radius 1 is 1.75 bits per heavy atom. The van der Waals surface area contributed by atoms with E-state index in [0.29, 0.717) is 10.6 Å². The number of nitrogens with one attached hydrogen (secondary N) is 1. The van der Waals surface area contributed by atoms with Crippen LogP contribution in [-0.2, 0) is 9.53 Å². The van der Waals surface area contributed by atoms with Crippen LogP contribution in [0.5, 0.6) is 0 Å². The summed E-state index contributed by atoms with van der Waals surface area (Å²) in [4.78, 5) is 14.5. The lowest BCUT2D eigenvalue weighted by atomic mass is 10.5. The lowest BCUT2D eigenvalue weighted by Crippen LogP contribution is -1.93. The van der Waals surface area contributed by atoms with Crippen LogP contribution in [0, 0.1) is 0 Å². The van der Waals surface area contributed by atoms with Crippen molar-refractivity contribution in [3.63, 3.8) is 0 Å². The van der Waals surface area contributed by atoms with Crippen molar-refractivity contribution in [1.29, 1.82) is 0 Å². The van der Waals surface area contributed by atoms with E-state index in [0.717, 1.165) is 0 Å². The second-order valence-corrected chi connectivity index (χ2v) is 2.59. The molecule has 0 aromatic carbocycles. The number of hydrogen-bond acceptors (Lipinski definition) is 4. The maximum atomic E-state index is 10.6. The van der Waals surface area contributed by atoms with Crippen LogP contribution in [0.4, 0.5) is 0 Å². The molecular weight excluding hydrogens is 226 g/mol. The van der Waals surface area contributed by atoms with E-state index < -0.39 is 5.97 Å². The monoisotopic (exact) mass is 231 g/mol. The number of H-pyrrole nitrogens is 1. The molecule has 1 aromatic rings. The minimum absolute atomic E-state index is 0.423. The number of halogens is 1. The van der Waals surface area contributed by atoms with Gasteiger partial charge in [-0.2, -0.15) is 5.10 Å². The summed E-state index contributed by atoms with van der Waals surface area (Å²) in [6, 6.07) is 0. The molecule has 1 aromatic heterocycles. The normalized spacial score (nSPS) is 10.5. The van der Waals surface area contributed by atoms with Crippen LogP contribution < -0.4 is 0 Å². The summed E-state index contributed by atoms with van der Waals surface area (Å²) in [7, 11) is 1.31. The highest BCUT2D eigenvalue weighted by Crippen LogP contribution is 2.01. The highest BCUT2D eigenvalue weighted by molar-refractivity contribution is 9.10. The van der Waals surface area contributed by atoms with Gasteiger partial charge in [-0.25, -0.2) is 9.78 Å². The third-order valence-electron chi connectivity index (χ3n) is 1.05. The van der Waals surface area contributed by atoms with Gasteiger partial charge in [-0.15, -0.1) is 0 Å². The topological polar surface area (TPSA) is 67.9 Å². The number of aromatic nitrogens is 3. The Labute approximate surface area is 77.0 Å². The first kappa shape index (κ1) is 8.92. The summed E-state index contributed by atoms with van der Waals surface area (Å²) in [5, 5.41) is 6.31. The molecule has 1 heterocycles. The Bertz CT molecular complexity index is 307. The number of esters is 1. The molecule has 1 rings (SSSR count). The lowest BCUT2D eigenvalue weighted by Gasteiger charge is -1.86. The zero-order chi connectivity index (χ0) is 8.97. The number of carbonyl (C=O) groups excluding carboxylic acids is 1. The molecule has 0 atom stereocenters. The summed E-state index contributed by atoms with van der Waals surface area (Å²) in [5.74, 6) is -0.0109. The summed E-state index contributed by atoms with van der Waals surface area (Å²) < 4.78 is 4.90. The van der Waals surface area contributed by atoms with E-state index >= 15 is 0 Å². The van der Waals surface area contributed by atoms with Crippen molar-refractivity contribution in [3.8, 4) is 0 Å². The van der Waals surface area contributed by atoms with E-state index in [1.807, 2.05) is 0 Å². The second-order valence-electron chi connectivity index (χ2n) is 1.84. The van der Waals surface area contributed by atoms with Gasteiger partial charge in [0.25, 0.3) is 0 Å². The number of carbonyl (C=O) groups is 1. The first-order chi connectivity index (χ1) is 5.72. The van der Waals surface area contributed by atoms with Crippen molar-refractivity contribution in [1.82, 2.24) is 15.2 Å². The quantitative estimate of drug-likeness (QED) is 0.603. The number of methoxy groups -OCH3 is 1. The van der Waals surface area contributed by atoms with E-state index in [9.17, 15) is 4.79 Å². The molecule has 5 nitrogen and oxygen atoms in total. The summed E-state index contributed by atoms with van der Waals surface area (Å²) >= 11 is 3.08. The van der Waals surface area contributed by atoms with Crippen LogP contribution >= 0.6 is 15.9 Å². The zero-order valence-electron chi connectivity index (χ0n) is 6.24. The molecule has 0 amide bonds. The van der Waals surface area contributed by atoms with Crippen molar-refractivity contribution in [2.45, 2.75) is 0 Å². The molecule has 6 heteroatoms. The van der Waals surface area contributed by atoms with Crippen LogP contribution in [0.2, 0.25) is 0 Å². The third-order valence-corrected chi connectivity index (χ3v) is 1.40. The Morgan fingerprint density at radius 3 is 3.00 bits per heavy atom. The smallest absolute Gasteiger partial charge is 0.330 e. The SMILES string of the molecule is COC(=O)C=Cc1n[nH]c(Br)n1. The van der Waals surface area contributed by atoms with Crippen LogP contribution in [0.1, 0.15) is 5.82 Å². The Hall–Kier alpha value is -1.17. The number of ether oxygens (including phenoxy) is 1. The van der Waals surface area contributed by atoms with Crippen molar-refractivity contribution in [2.24, 2.45) is 0 Å². The molecular formula is C6H6BrN3O2. The molecule has 0 radical (unpaired) electrons. The minimum Gasteiger partial charge on any atom is -0.466 e. The second kappa shape index (κ2) is 4.01. The maximum absolute atomic E-state index is 10.6. The standard InChI is InChI=1S/C6H6BrN3O2/c1-12-5(11)3-2-4-8-6(7)10-9-4/h2-3H,1H3,(H,8,9,10). The van der Waals surface area contributed by atoms with E-state index in [1.54, 1.807) is 0 Å². The highest BCUT2D eigenvalue weighted by atomic mass is 79.9. The Balaban J connectivity index is 2.63. The molecule has 0 fully saturated rings. The highest BCUT2D eigenvalue weighted by Gasteiger charge is 1.96. The molecule has 0 saturated heterocycles. The van der Waals surface area contributed by atoms with Crippen molar-refractivity contribution >= 4 is 28.0 Å². The lowest BCUT2D eigenvalue weighted by molar-refractivity contribution is -0.134. The van der Waals surface area contributed by atoms with Gasteiger partial charge in [-0.3, -0.25) is 5.10 Å². The predicted molar refractivity (Wildman–Crippen MR) is 45.1 cm³/mol. The Morgan fingerprint density at radius 2 is 2.50 bits per heavy atom. The summed E-state index contributed by atoms with van der Waals surface area (Å²) in [6.07, 6.45) is 2.70. The number of hydrogen-bond donors (Lipinski definition) is 1. The van der Waals surface area contributed by atoms with Gasteiger partial charge in [0.05, 0.1) is 7.11 Å². The summed E-state index contributed by atoms with van der Waals surface area (Å²) in [5.41, 5.74) is 0. The van der Waals surface area contributed by atoms with Crippen LogP contribution in [0.15, 0.2) is 10.8 Å². The molecule has 0 saturated carbocycles. The van der Waals surface area contributed by atoms with Crippen molar-refractivity contribution < 1.29 is 9.53 Å². The fourth-order valence-corrected chi connectivity index (χ4v) is 0.809. The average Bonchev–Trinajstić information content (AvgIpc) is 2.47. The average molecular weight is 232 g/mol. The van der Waals surface area contributed by atoms with Crippen molar-refractivity contribution in [2.75, 3.05) is 7.11 Å². The van der Waals surface area contributed by atoms with E-state index in [2.05, 4.69) is 35.8 Å². The predicted octanol–water partition coefficient (Wildman–Crippen LogP) is 0.753. The number of nitrogens with zero attached hydrogens (tertiary/aromatic N) is 2. The van der Waals surface area contributed by atoms with Gasteiger partial charge in [0, 0.05) is 6.08 Å². The first-order valence-electron chi connectivity index (χ1n) is 3.06. The Kier molecular flexibility index (Phi) is 2.98. The fraction of sp³-hybridized carbons (Fsp3) is 0.167. The molecule has 0 unspecified atom stereocenters. The van der Waals surface area contributed by atoms with Gasteiger partial charge < -0.3 is 4.74 Å². The minimum atomic E-state index is -0.434. The van der Waals surface area contributed by atoms with E-state index in [1.165, 1.54) is 19.3 Å². The van der Waals surface area contributed by atoms with E-state index in [-0.39, 0.29) is 0 Å². The summed E-state index contributed by atoms with van der Waals surface area (Å²) in [6.45, 7) is 0. The molecule has 0 spiro atoms. The third kappa shape index (κ3) is 2.46. The fourth-order valence-electron chi connectivity index (χ4n) is 0.539. The van der Waals surface area contributed by atoms with Gasteiger partial charge in [0.15, 0.2) is 10.6 Å². The van der Waals surface area contributed by atoms with Crippen LogP contribution in [0.25, 0.3) is 6.08 Å². The van der Waals surface area contributed by atoms with Gasteiger partial charge in [-0.05, 0) is 22.0 Å².